The zero-order valence-electron chi connectivity index (χ0n) is 62.5. The fourth-order valence-corrected chi connectivity index (χ4v) is 12.7. The maximum Gasteiger partial charge on any atom is 0.306 e. The predicted octanol–water partition coefficient (Wildman–Crippen LogP) is 24.8. The first-order valence-electron chi connectivity index (χ1n) is 41.0. The standard InChI is InChI=1S/C83H159NO8/c1-6-8-10-12-14-16-18-20-22-24-26-28-30-32-34-36-38-39-40-41-42-44-45-47-49-51-53-55-57-59-61-63-65-67-69-71-73-80(85)90-77-79(78-91-83(82(87)88)89-76-75-84(3,4)5)92-81(86)74-72-70-68-66-64-62-60-58-56-54-52-50-48-46-43-37-35-33-31-29-27-25-23-21-19-17-15-13-11-9-7-2/h19,21,25,27,79,83H,6-18,20,22-24,26,28-78H2,1-5H3/b21-19-,27-25-. The molecule has 0 spiro atoms. The van der Waals surface area contributed by atoms with Crippen molar-refractivity contribution in [1.29, 1.82) is 0 Å². The molecule has 0 aliphatic carbocycles. The highest BCUT2D eigenvalue weighted by molar-refractivity contribution is 5.70. The van der Waals surface area contributed by atoms with Crippen molar-refractivity contribution in [3.05, 3.63) is 24.3 Å². The van der Waals surface area contributed by atoms with Gasteiger partial charge in [-0.3, -0.25) is 9.59 Å². The van der Waals surface area contributed by atoms with Gasteiger partial charge in [0.15, 0.2) is 12.4 Å². The Kier molecular flexibility index (Phi) is 72.8. The fraction of sp³-hybridized carbons (Fsp3) is 0.916. The van der Waals surface area contributed by atoms with E-state index in [4.69, 9.17) is 18.9 Å². The number of hydrogen-bond acceptors (Lipinski definition) is 8. The van der Waals surface area contributed by atoms with Crippen molar-refractivity contribution in [2.75, 3.05) is 47.5 Å². The maximum atomic E-state index is 13.0. The summed E-state index contributed by atoms with van der Waals surface area (Å²) in [6.07, 6.45) is 91.8. The number of hydrogen-bond donors (Lipinski definition) is 0. The summed E-state index contributed by atoms with van der Waals surface area (Å²) in [6.45, 7) is 4.83. The van der Waals surface area contributed by atoms with Crippen LogP contribution in [-0.4, -0.2) is 82.3 Å². The third-order valence-electron chi connectivity index (χ3n) is 19.0. The second kappa shape index (κ2) is 74.6. The number of carbonyl (C=O) groups is 3. The van der Waals surface area contributed by atoms with Crippen LogP contribution in [0.25, 0.3) is 0 Å². The summed E-state index contributed by atoms with van der Waals surface area (Å²) in [5.74, 6) is -2.25. The Labute approximate surface area is 573 Å². The van der Waals surface area contributed by atoms with E-state index in [0.717, 1.165) is 44.9 Å². The van der Waals surface area contributed by atoms with Crippen molar-refractivity contribution in [2.45, 2.75) is 444 Å². The molecule has 0 aromatic carbocycles. The third kappa shape index (κ3) is 75.2. The first kappa shape index (κ1) is 89.8. The lowest BCUT2D eigenvalue weighted by Crippen LogP contribution is -2.44. The SMILES string of the molecule is CCCCCCC/C=C\C/C=C\CCCCCCCCCCCCCCCCCCCCCC(=O)OC(COC(=O)CCCCCCCCCCCCCCCCCCCCCCCCCCCCCCCCCCCCCC)COC(OCC[N+](C)(C)C)C(=O)[O-]. The van der Waals surface area contributed by atoms with E-state index in [1.165, 1.54) is 360 Å². The van der Waals surface area contributed by atoms with Gasteiger partial charge in [0, 0.05) is 12.8 Å². The quantitative estimate of drug-likeness (QED) is 0.0195. The van der Waals surface area contributed by atoms with Gasteiger partial charge in [-0.15, -0.1) is 0 Å². The van der Waals surface area contributed by atoms with Crippen LogP contribution in [0.15, 0.2) is 24.3 Å². The number of likely N-dealkylation sites (N-methyl/N-ethyl adjacent to an activating group) is 1. The minimum Gasteiger partial charge on any atom is -0.545 e. The van der Waals surface area contributed by atoms with Gasteiger partial charge in [0.2, 0.25) is 0 Å². The van der Waals surface area contributed by atoms with Gasteiger partial charge in [0.05, 0.1) is 40.3 Å². The van der Waals surface area contributed by atoms with E-state index in [1.54, 1.807) is 0 Å². The number of nitrogens with zero attached hydrogens (tertiary/aromatic N) is 1. The number of aliphatic carboxylic acids is 1. The van der Waals surface area contributed by atoms with Gasteiger partial charge in [-0.05, 0) is 44.9 Å². The lowest BCUT2D eigenvalue weighted by Gasteiger charge is -2.26. The van der Waals surface area contributed by atoms with Crippen LogP contribution >= 0.6 is 0 Å². The molecule has 9 heteroatoms. The van der Waals surface area contributed by atoms with Crippen molar-refractivity contribution < 1.29 is 42.9 Å². The number of carboxylic acid groups (broad SMARTS) is 1. The van der Waals surface area contributed by atoms with Gasteiger partial charge >= 0.3 is 11.9 Å². The molecule has 0 aromatic heterocycles. The van der Waals surface area contributed by atoms with E-state index in [2.05, 4.69) is 38.2 Å². The smallest absolute Gasteiger partial charge is 0.306 e. The molecule has 0 radical (unpaired) electrons. The third-order valence-corrected chi connectivity index (χ3v) is 19.0. The molecule has 0 aliphatic rings. The first-order valence-corrected chi connectivity index (χ1v) is 41.0. The van der Waals surface area contributed by atoms with Crippen LogP contribution in [-0.2, 0) is 33.3 Å². The van der Waals surface area contributed by atoms with Crippen molar-refractivity contribution in [1.82, 2.24) is 0 Å². The molecule has 0 bridgehead atoms. The molecule has 92 heavy (non-hydrogen) atoms. The molecular formula is C83H159NO8. The number of carbonyl (C=O) groups excluding carboxylic acids is 3. The van der Waals surface area contributed by atoms with Crippen molar-refractivity contribution in [3.63, 3.8) is 0 Å². The highest BCUT2D eigenvalue weighted by atomic mass is 16.7. The van der Waals surface area contributed by atoms with Crippen LogP contribution in [0.3, 0.4) is 0 Å². The molecule has 0 rings (SSSR count). The zero-order chi connectivity index (χ0) is 66.8. The molecule has 9 nitrogen and oxygen atoms in total. The van der Waals surface area contributed by atoms with Crippen LogP contribution in [0.2, 0.25) is 0 Å². The molecule has 544 valence electrons. The van der Waals surface area contributed by atoms with Crippen molar-refractivity contribution in [2.24, 2.45) is 0 Å². The molecule has 0 fully saturated rings. The zero-order valence-corrected chi connectivity index (χ0v) is 62.5. The van der Waals surface area contributed by atoms with Crippen LogP contribution in [0.5, 0.6) is 0 Å². The maximum absolute atomic E-state index is 13.0. The fourth-order valence-electron chi connectivity index (χ4n) is 12.7. The van der Waals surface area contributed by atoms with Gasteiger partial charge in [-0.2, -0.15) is 0 Å². The minimum absolute atomic E-state index is 0.152. The van der Waals surface area contributed by atoms with Crippen LogP contribution in [0, 0.1) is 0 Å². The molecule has 0 aromatic rings. The molecule has 0 N–H and O–H groups in total. The highest BCUT2D eigenvalue weighted by Crippen LogP contribution is 2.20. The van der Waals surface area contributed by atoms with Crippen LogP contribution in [0.1, 0.15) is 431 Å². The van der Waals surface area contributed by atoms with E-state index in [9.17, 15) is 19.5 Å². The molecule has 0 aliphatic heterocycles. The normalized spacial score (nSPS) is 12.7. The van der Waals surface area contributed by atoms with E-state index in [0.29, 0.717) is 17.4 Å². The van der Waals surface area contributed by atoms with Gasteiger partial charge in [0.1, 0.15) is 13.2 Å². The monoisotopic (exact) mass is 1300 g/mol. The lowest BCUT2D eigenvalue weighted by atomic mass is 10.0. The van der Waals surface area contributed by atoms with E-state index >= 15 is 0 Å². The topological polar surface area (TPSA) is 111 Å². The van der Waals surface area contributed by atoms with Crippen LogP contribution < -0.4 is 5.11 Å². The Hall–Kier alpha value is -2.23. The molecule has 0 saturated carbocycles. The Bertz CT molecular complexity index is 1560. The van der Waals surface area contributed by atoms with Gasteiger partial charge in [-0.25, -0.2) is 0 Å². The summed E-state index contributed by atoms with van der Waals surface area (Å²) < 4.78 is 22.9. The Morgan fingerprint density at radius 2 is 0.587 bits per heavy atom. The molecule has 0 saturated heterocycles. The predicted molar refractivity (Wildman–Crippen MR) is 394 cm³/mol. The van der Waals surface area contributed by atoms with E-state index in [-0.39, 0.29) is 32.2 Å². The minimum atomic E-state index is -1.62. The lowest BCUT2D eigenvalue weighted by molar-refractivity contribution is -0.870. The molecule has 2 atom stereocenters. The average Bonchev–Trinajstić information content (AvgIpc) is 3.70. The van der Waals surface area contributed by atoms with Crippen molar-refractivity contribution >= 4 is 17.9 Å². The first-order chi connectivity index (χ1) is 45.1. The molecular weight excluding hydrogens is 1140 g/mol. The average molecular weight is 1300 g/mol. The summed E-state index contributed by atoms with van der Waals surface area (Å²) >= 11 is 0. The van der Waals surface area contributed by atoms with Gasteiger partial charge in [0.25, 0.3) is 0 Å². The van der Waals surface area contributed by atoms with Crippen LogP contribution in [0.4, 0.5) is 0 Å². The second-order valence-corrected chi connectivity index (χ2v) is 29.4. The van der Waals surface area contributed by atoms with E-state index in [1.807, 2.05) is 21.1 Å². The molecule has 2 unspecified atom stereocenters. The number of unbranched alkanes of at least 4 members (excludes halogenated alkanes) is 59. The summed E-state index contributed by atoms with van der Waals surface area (Å²) in [7, 11) is 5.95. The number of carboxylic acids is 1. The second-order valence-electron chi connectivity index (χ2n) is 29.4. The number of allylic oxidation sites excluding steroid dienone is 4. The molecule has 0 heterocycles. The summed E-state index contributed by atoms with van der Waals surface area (Å²) in [6, 6.07) is 0. The molecule has 0 amide bonds. The summed E-state index contributed by atoms with van der Waals surface area (Å²) in [5.41, 5.74) is 0. The van der Waals surface area contributed by atoms with Crippen molar-refractivity contribution in [3.8, 4) is 0 Å². The number of quaternary nitrogens is 1. The Morgan fingerprint density at radius 3 is 0.859 bits per heavy atom. The number of esters is 2. The van der Waals surface area contributed by atoms with E-state index < -0.39 is 24.3 Å². The number of ether oxygens (including phenoxy) is 4. The summed E-state index contributed by atoms with van der Waals surface area (Å²) in [4.78, 5) is 37.6. The number of rotatable bonds is 78. The Morgan fingerprint density at radius 1 is 0.326 bits per heavy atom. The highest BCUT2D eigenvalue weighted by Gasteiger charge is 2.22. The van der Waals surface area contributed by atoms with Gasteiger partial charge in [-0.1, -0.05) is 398 Å². The Balaban J connectivity index is 3.94. The largest absolute Gasteiger partial charge is 0.545 e. The summed E-state index contributed by atoms with van der Waals surface area (Å²) in [5, 5.41) is 11.9. The van der Waals surface area contributed by atoms with Gasteiger partial charge < -0.3 is 33.3 Å².